The Labute approximate surface area is 66.0 Å². The average molecular weight is 159 g/mol. The SMILES string of the molecule is CN=N/N=C(\C)SC(C)C. The molecule has 0 spiro atoms. The summed E-state index contributed by atoms with van der Waals surface area (Å²) in [5.74, 6) is 0. The Morgan fingerprint density at radius 1 is 1.40 bits per heavy atom. The van der Waals surface area contributed by atoms with E-state index in [1.807, 2.05) is 6.92 Å². The fourth-order valence-electron chi connectivity index (χ4n) is 0.472. The van der Waals surface area contributed by atoms with Crippen molar-refractivity contribution < 1.29 is 0 Å². The maximum Gasteiger partial charge on any atom is 0.0948 e. The molecule has 0 aromatic heterocycles. The van der Waals surface area contributed by atoms with E-state index in [1.165, 1.54) is 0 Å². The van der Waals surface area contributed by atoms with Gasteiger partial charge in [-0.1, -0.05) is 13.8 Å². The molecular formula is C6H13N3S. The molecule has 0 bridgehead atoms. The molecule has 10 heavy (non-hydrogen) atoms. The van der Waals surface area contributed by atoms with Gasteiger partial charge in [-0.2, -0.15) is 5.11 Å². The summed E-state index contributed by atoms with van der Waals surface area (Å²) in [5, 5.41) is 12.4. The molecule has 0 unspecified atom stereocenters. The van der Waals surface area contributed by atoms with Gasteiger partial charge in [0.15, 0.2) is 0 Å². The zero-order valence-electron chi connectivity index (χ0n) is 6.83. The van der Waals surface area contributed by atoms with Gasteiger partial charge in [0.2, 0.25) is 0 Å². The zero-order chi connectivity index (χ0) is 7.98. The summed E-state index contributed by atoms with van der Waals surface area (Å²) >= 11 is 1.69. The Balaban J connectivity index is 3.71. The number of hydrogen-bond donors (Lipinski definition) is 0. The molecule has 0 saturated heterocycles. The molecular weight excluding hydrogens is 146 g/mol. The summed E-state index contributed by atoms with van der Waals surface area (Å²) in [4.78, 5) is 0. The Morgan fingerprint density at radius 2 is 2.00 bits per heavy atom. The molecule has 0 aliphatic heterocycles. The summed E-state index contributed by atoms with van der Waals surface area (Å²) < 4.78 is 0. The molecule has 0 radical (unpaired) electrons. The van der Waals surface area contributed by atoms with E-state index in [9.17, 15) is 0 Å². The first kappa shape index (κ1) is 9.62. The summed E-state index contributed by atoms with van der Waals surface area (Å²) in [6.07, 6.45) is 0. The minimum atomic E-state index is 0.566. The lowest BCUT2D eigenvalue weighted by Gasteiger charge is -1.99. The van der Waals surface area contributed by atoms with Crippen molar-refractivity contribution in [3.05, 3.63) is 0 Å². The predicted molar refractivity (Wildman–Crippen MR) is 46.6 cm³/mol. The van der Waals surface area contributed by atoms with Gasteiger partial charge in [0.05, 0.1) is 12.1 Å². The molecule has 3 nitrogen and oxygen atoms in total. The lowest BCUT2D eigenvalue weighted by molar-refractivity contribution is 1.02. The summed E-state index contributed by atoms with van der Waals surface area (Å²) in [6, 6.07) is 0. The number of hydrogen-bond acceptors (Lipinski definition) is 3. The monoisotopic (exact) mass is 159 g/mol. The van der Waals surface area contributed by atoms with E-state index in [-0.39, 0.29) is 0 Å². The molecule has 0 aromatic rings. The van der Waals surface area contributed by atoms with E-state index >= 15 is 0 Å². The molecule has 0 amide bonds. The number of thioether (sulfide) groups is 1. The first-order valence-electron chi connectivity index (χ1n) is 3.17. The first-order valence-corrected chi connectivity index (χ1v) is 4.05. The molecule has 0 aliphatic carbocycles. The van der Waals surface area contributed by atoms with Gasteiger partial charge in [-0.25, -0.2) is 0 Å². The molecule has 0 fully saturated rings. The molecule has 0 rings (SSSR count). The Hall–Kier alpha value is -0.380. The van der Waals surface area contributed by atoms with Gasteiger partial charge < -0.3 is 0 Å². The Kier molecular flexibility index (Phi) is 5.20. The van der Waals surface area contributed by atoms with Crippen molar-refractivity contribution >= 4 is 16.8 Å². The van der Waals surface area contributed by atoms with Gasteiger partial charge in [-0.05, 0) is 12.1 Å². The third-order valence-electron chi connectivity index (χ3n) is 0.681. The normalized spacial score (nSPS) is 13.5. The molecule has 0 saturated carbocycles. The van der Waals surface area contributed by atoms with Gasteiger partial charge in [-0.15, -0.1) is 16.9 Å². The summed E-state index contributed by atoms with van der Waals surface area (Å²) in [5.41, 5.74) is 0. The lowest BCUT2D eigenvalue weighted by Crippen LogP contribution is -1.91. The van der Waals surface area contributed by atoms with Gasteiger partial charge in [-0.3, -0.25) is 0 Å². The zero-order valence-corrected chi connectivity index (χ0v) is 7.64. The third kappa shape index (κ3) is 5.75. The van der Waals surface area contributed by atoms with Crippen LogP contribution < -0.4 is 0 Å². The smallest absolute Gasteiger partial charge is 0.0948 e. The summed E-state index contributed by atoms with van der Waals surface area (Å²) in [6.45, 7) is 6.17. The van der Waals surface area contributed by atoms with Crippen molar-refractivity contribution in [2.24, 2.45) is 15.4 Å². The van der Waals surface area contributed by atoms with Crippen LogP contribution in [0.2, 0.25) is 0 Å². The van der Waals surface area contributed by atoms with E-state index in [1.54, 1.807) is 18.8 Å². The molecule has 4 heteroatoms. The van der Waals surface area contributed by atoms with Crippen LogP contribution in [0.5, 0.6) is 0 Å². The molecule has 0 atom stereocenters. The minimum absolute atomic E-state index is 0.566. The van der Waals surface area contributed by atoms with Gasteiger partial charge in [0, 0.05) is 5.25 Å². The van der Waals surface area contributed by atoms with Crippen LogP contribution in [-0.2, 0) is 0 Å². The molecule has 0 heterocycles. The Morgan fingerprint density at radius 3 is 2.40 bits per heavy atom. The van der Waals surface area contributed by atoms with Gasteiger partial charge >= 0.3 is 0 Å². The average Bonchev–Trinajstić information content (AvgIpc) is 1.82. The minimum Gasteiger partial charge on any atom is -0.172 e. The van der Waals surface area contributed by atoms with Crippen molar-refractivity contribution in [2.75, 3.05) is 7.05 Å². The van der Waals surface area contributed by atoms with Crippen molar-refractivity contribution in [3.8, 4) is 0 Å². The predicted octanol–water partition coefficient (Wildman–Crippen LogP) is 2.54. The van der Waals surface area contributed by atoms with E-state index in [0.717, 1.165) is 5.04 Å². The van der Waals surface area contributed by atoms with Crippen molar-refractivity contribution in [2.45, 2.75) is 26.0 Å². The fraction of sp³-hybridized carbons (Fsp3) is 0.833. The molecule has 0 aliphatic rings. The van der Waals surface area contributed by atoms with Crippen LogP contribution in [-0.4, -0.2) is 17.3 Å². The second-order valence-corrected chi connectivity index (χ2v) is 3.84. The molecule has 58 valence electrons. The third-order valence-corrected chi connectivity index (χ3v) is 1.58. The standard InChI is InChI=1S/C6H13N3S/c1-5(2)10-6(3)8-9-7-4/h5H,1-4H3/b8-6+,9-7?. The van der Waals surface area contributed by atoms with Crippen LogP contribution >= 0.6 is 11.8 Å². The topological polar surface area (TPSA) is 37.1 Å². The van der Waals surface area contributed by atoms with E-state index in [0.29, 0.717) is 5.25 Å². The van der Waals surface area contributed by atoms with Crippen LogP contribution in [0.25, 0.3) is 0 Å². The van der Waals surface area contributed by atoms with Crippen molar-refractivity contribution in [1.82, 2.24) is 0 Å². The molecule has 0 N–H and O–H groups in total. The Bertz CT molecular complexity index is 140. The van der Waals surface area contributed by atoms with Gasteiger partial charge in [0.1, 0.15) is 0 Å². The van der Waals surface area contributed by atoms with Crippen LogP contribution in [0, 0.1) is 0 Å². The maximum absolute atomic E-state index is 3.82. The first-order chi connectivity index (χ1) is 4.66. The fourth-order valence-corrected chi connectivity index (χ4v) is 1.24. The van der Waals surface area contributed by atoms with Crippen molar-refractivity contribution in [3.63, 3.8) is 0 Å². The lowest BCUT2D eigenvalue weighted by atomic mass is 10.6. The maximum atomic E-state index is 3.82. The number of rotatable bonds is 2. The largest absolute Gasteiger partial charge is 0.172 e. The van der Waals surface area contributed by atoms with Crippen LogP contribution in [0.3, 0.4) is 0 Å². The van der Waals surface area contributed by atoms with Gasteiger partial charge in [0.25, 0.3) is 0 Å². The second-order valence-electron chi connectivity index (χ2n) is 2.08. The van der Waals surface area contributed by atoms with E-state index < -0.39 is 0 Å². The van der Waals surface area contributed by atoms with Crippen LogP contribution in [0.15, 0.2) is 15.4 Å². The van der Waals surface area contributed by atoms with Crippen molar-refractivity contribution in [1.29, 1.82) is 0 Å². The second kappa shape index (κ2) is 5.41. The highest BCUT2D eigenvalue weighted by Crippen LogP contribution is 2.11. The van der Waals surface area contributed by atoms with Crippen LogP contribution in [0.4, 0.5) is 0 Å². The van der Waals surface area contributed by atoms with Crippen LogP contribution in [0.1, 0.15) is 20.8 Å². The summed E-state index contributed by atoms with van der Waals surface area (Å²) in [7, 11) is 1.61. The number of nitrogens with zero attached hydrogens (tertiary/aromatic N) is 3. The highest BCUT2D eigenvalue weighted by atomic mass is 32.2. The quantitative estimate of drug-likeness (QED) is 0.264. The highest BCUT2D eigenvalue weighted by Gasteiger charge is 1.95. The van der Waals surface area contributed by atoms with E-state index in [4.69, 9.17) is 0 Å². The highest BCUT2D eigenvalue weighted by molar-refractivity contribution is 8.14. The van der Waals surface area contributed by atoms with E-state index in [2.05, 4.69) is 29.3 Å². The molecule has 0 aromatic carbocycles.